The lowest BCUT2D eigenvalue weighted by Crippen LogP contribution is -2.33. The Bertz CT molecular complexity index is 1050. The summed E-state index contributed by atoms with van der Waals surface area (Å²) in [6.45, 7) is -0.432. The lowest BCUT2D eigenvalue weighted by Gasteiger charge is -2.09. The van der Waals surface area contributed by atoms with E-state index in [1.165, 1.54) is 18.4 Å². The number of benzene rings is 2. The number of halogens is 2. The topological polar surface area (TPSA) is 100 Å². The molecule has 3 aromatic rings. The van der Waals surface area contributed by atoms with Crippen molar-refractivity contribution in [3.05, 3.63) is 83.8 Å². The van der Waals surface area contributed by atoms with Crippen molar-refractivity contribution in [2.75, 3.05) is 17.2 Å². The van der Waals surface area contributed by atoms with Crippen LogP contribution in [0.5, 0.6) is 0 Å². The van der Waals surface area contributed by atoms with Gasteiger partial charge < -0.3 is 20.4 Å². The summed E-state index contributed by atoms with van der Waals surface area (Å²) < 4.78 is 31.5. The minimum Gasteiger partial charge on any atom is -0.459 e. The van der Waals surface area contributed by atoms with Crippen LogP contribution in [0.2, 0.25) is 0 Å². The highest BCUT2D eigenvalue weighted by Crippen LogP contribution is 2.16. The lowest BCUT2D eigenvalue weighted by atomic mass is 10.2. The van der Waals surface area contributed by atoms with Gasteiger partial charge in [-0.3, -0.25) is 14.4 Å². The van der Waals surface area contributed by atoms with Gasteiger partial charge in [0, 0.05) is 17.4 Å². The zero-order chi connectivity index (χ0) is 20.8. The number of rotatable bonds is 6. The van der Waals surface area contributed by atoms with Gasteiger partial charge in [-0.2, -0.15) is 0 Å². The normalized spacial score (nSPS) is 10.3. The van der Waals surface area contributed by atoms with Gasteiger partial charge in [0.15, 0.2) is 5.76 Å². The predicted octanol–water partition coefficient (Wildman–Crippen LogP) is 3.18. The molecule has 2 aromatic carbocycles. The van der Waals surface area contributed by atoms with Crippen LogP contribution in [0, 0.1) is 11.6 Å². The Kier molecular flexibility index (Phi) is 5.98. The van der Waals surface area contributed by atoms with E-state index < -0.39 is 35.9 Å². The predicted molar refractivity (Wildman–Crippen MR) is 100 cm³/mol. The van der Waals surface area contributed by atoms with Crippen LogP contribution in [0.15, 0.2) is 65.3 Å². The molecule has 0 fully saturated rings. The maximum absolute atomic E-state index is 13.6. The average molecular weight is 399 g/mol. The van der Waals surface area contributed by atoms with Gasteiger partial charge in [-0.05, 0) is 42.5 Å². The van der Waals surface area contributed by atoms with Gasteiger partial charge in [-0.15, -0.1) is 0 Å². The monoisotopic (exact) mass is 399 g/mol. The van der Waals surface area contributed by atoms with Gasteiger partial charge in [0.05, 0.1) is 18.4 Å². The highest BCUT2D eigenvalue weighted by atomic mass is 19.1. The van der Waals surface area contributed by atoms with Crippen LogP contribution in [0.4, 0.5) is 20.2 Å². The van der Waals surface area contributed by atoms with E-state index in [-0.39, 0.29) is 11.3 Å². The molecule has 3 rings (SSSR count). The third-order valence-electron chi connectivity index (χ3n) is 3.73. The fourth-order valence-electron chi connectivity index (χ4n) is 2.41. The quantitative estimate of drug-likeness (QED) is 0.593. The molecule has 3 N–H and O–H groups in total. The number of nitrogens with one attached hydrogen (secondary N) is 3. The average Bonchev–Trinajstić information content (AvgIpc) is 3.21. The molecule has 0 spiro atoms. The van der Waals surface area contributed by atoms with E-state index in [4.69, 9.17) is 4.42 Å². The Morgan fingerprint density at radius 3 is 2.31 bits per heavy atom. The summed E-state index contributed by atoms with van der Waals surface area (Å²) in [5.74, 6) is -3.58. The Labute approximate surface area is 163 Å². The molecule has 0 aliphatic carbocycles. The van der Waals surface area contributed by atoms with Crippen molar-refractivity contribution in [2.24, 2.45) is 0 Å². The van der Waals surface area contributed by atoms with E-state index in [0.29, 0.717) is 17.4 Å². The molecule has 0 aliphatic heterocycles. The minimum absolute atomic E-state index is 0.134. The standard InChI is InChI=1S/C20H15F2N3O4/c21-12-6-7-15(16(22)9-12)19(27)23-11-18(26)24-13-3-1-4-14(10-13)25-20(28)17-5-2-8-29-17/h1-10H,11H2,(H,23,27)(H,24,26)(H,25,28). The number of carbonyl (C=O) groups is 3. The molecule has 7 nitrogen and oxygen atoms in total. The number of carbonyl (C=O) groups excluding carboxylic acids is 3. The van der Waals surface area contributed by atoms with Crippen LogP contribution in [0.1, 0.15) is 20.9 Å². The Morgan fingerprint density at radius 1 is 0.862 bits per heavy atom. The summed E-state index contributed by atoms with van der Waals surface area (Å²) in [5, 5.41) is 7.40. The summed E-state index contributed by atoms with van der Waals surface area (Å²) in [5.41, 5.74) is 0.415. The van der Waals surface area contributed by atoms with Crippen LogP contribution < -0.4 is 16.0 Å². The van der Waals surface area contributed by atoms with Gasteiger partial charge in [-0.1, -0.05) is 6.07 Å². The molecule has 29 heavy (non-hydrogen) atoms. The summed E-state index contributed by atoms with van der Waals surface area (Å²) >= 11 is 0. The van der Waals surface area contributed by atoms with Crippen LogP contribution in [-0.2, 0) is 4.79 Å². The highest BCUT2D eigenvalue weighted by Gasteiger charge is 2.14. The van der Waals surface area contributed by atoms with E-state index in [9.17, 15) is 23.2 Å². The molecular formula is C20H15F2N3O4. The summed E-state index contributed by atoms with van der Waals surface area (Å²) in [7, 11) is 0. The summed E-state index contributed by atoms with van der Waals surface area (Å²) in [6.07, 6.45) is 1.37. The number of hydrogen-bond donors (Lipinski definition) is 3. The van der Waals surface area contributed by atoms with E-state index in [1.807, 2.05) is 0 Å². The lowest BCUT2D eigenvalue weighted by molar-refractivity contribution is -0.115. The van der Waals surface area contributed by atoms with Crippen molar-refractivity contribution in [3.63, 3.8) is 0 Å². The summed E-state index contributed by atoms with van der Waals surface area (Å²) in [6, 6.07) is 11.9. The molecule has 0 radical (unpaired) electrons. The van der Waals surface area contributed by atoms with Gasteiger partial charge in [-0.25, -0.2) is 8.78 Å². The molecule has 0 bridgehead atoms. The molecule has 148 valence electrons. The van der Waals surface area contributed by atoms with E-state index in [2.05, 4.69) is 16.0 Å². The fraction of sp³-hybridized carbons (Fsp3) is 0.0500. The molecule has 9 heteroatoms. The molecule has 3 amide bonds. The second kappa shape index (κ2) is 8.79. The van der Waals surface area contributed by atoms with Gasteiger partial charge in [0.1, 0.15) is 11.6 Å². The van der Waals surface area contributed by atoms with Crippen molar-refractivity contribution in [1.29, 1.82) is 0 Å². The first-order valence-electron chi connectivity index (χ1n) is 8.40. The van der Waals surface area contributed by atoms with Crippen molar-refractivity contribution in [1.82, 2.24) is 5.32 Å². The molecule has 0 unspecified atom stereocenters. The zero-order valence-electron chi connectivity index (χ0n) is 14.9. The molecule has 0 saturated carbocycles. The van der Waals surface area contributed by atoms with E-state index in [0.717, 1.165) is 12.1 Å². The van der Waals surface area contributed by atoms with Crippen LogP contribution >= 0.6 is 0 Å². The highest BCUT2D eigenvalue weighted by molar-refractivity contribution is 6.03. The van der Waals surface area contributed by atoms with E-state index >= 15 is 0 Å². The minimum atomic E-state index is -1.03. The van der Waals surface area contributed by atoms with Gasteiger partial charge in [0.25, 0.3) is 11.8 Å². The van der Waals surface area contributed by atoms with E-state index in [1.54, 1.807) is 24.3 Å². The Hall–Kier alpha value is -4.01. The third kappa shape index (κ3) is 5.25. The van der Waals surface area contributed by atoms with Crippen molar-refractivity contribution >= 4 is 29.1 Å². The molecule has 1 aromatic heterocycles. The molecular weight excluding hydrogens is 384 g/mol. The first-order valence-corrected chi connectivity index (χ1v) is 8.40. The van der Waals surface area contributed by atoms with Crippen LogP contribution in [0.3, 0.4) is 0 Å². The maximum atomic E-state index is 13.6. The second-order valence-electron chi connectivity index (χ2n) is 5.87. The number of furan rings is 1. The Morgan fingerprint density at radius 2 is 1.62 bits per heavy atom. The van der Waals surface area contributed by atoms with Crippen molar-refractivity contribution in [2.45, 2.75) is 0 Å². The van der Waals surface area contributed by atoms with Gasteiger partial charge in [0.2, 0.25) is 5.91 Å². The SMILES string of the molecule is O=C(CNC(=O)c1ccc(F)cc1F)Nc1cccc(NC(=O)c2ccco2)c1. The third-order valence-corrected chi connectivity index (χ3v) is 3.73. The number of hydrogen-bond acceptors (Lipinski definition) is 4. The molecule has 0 atom stereocenters. The molecule has 0 aliphatic rings. The Balaban J connectivity index is 1.55. The van der Waals surface area contributed by atoms with Crippen LogP contribution in [-0.4, -0.2) is 24.3 Å². The summed E-state index contributed by atoms with van der Waals surface area (Å²) in [4.78, 5) is 35.9. The fourth-order valence-corrected chi connectivity index (χ4v) is 2.41. The van der Waals surface area contributed by atoms with Crippen molar-refractivity contribution in [3.8, 4) is 0 Å². The smallest absolute Gasteiger partial charge is 0.291 e. The van der Waals surface area contributed by atoms with Crippen molar-refractivity contribution < 1.29 is 27.6 Å². The number of amides is 3. The van der Waals surface area contributed by atoms with Crippen LogP contribution in [0.25, 0.3) is 0 Å². The zero-order valence-corrected chi connectivity index (χ0v) is 14.9. The molecule has 0 saturated heterocycles. The molecule has 1 heterocycles. The van der Waals surface area contributed by atoms with Gasteiger partial charge >= 0.3 is 0 Å². The largest absolute Gasteiger partial charge is 0.459 e. The second-order valence-corrected chi connectivity index (χ2v) is 5.87. The first-order chi connectivity index (χ1) is 13.9. The maximum Gasteiger partial charge on any atom is 0.291 e. The first kappa shape index (κ1) is 19.7. The number of anilines is 2.